The quantitative estimate of drug-likeness (QED) is 0.840. The van der Waals surface area contributed by atoms with Gasteiger partial charge in [0.2, 0.25) is 5.91 Å². The molecule has 1 fully saturated rings. The van der Waals surface area contributed by atoms with E-state index in [4.69, 9.17) is 0 Å². The summed E-state index contributed by atoms with van der Waals surface area (Å²) in [4.78, 5) is 15.6. The molecule has 2 heterocycles. The Hall–Kier alpha value is -0.620. The van der Waals surface area contributed by atoms with Crippen molar-refractivity contribution in [3.63, 3.8) is 0 Å². The number of halogens is 1. The van der Waals surface area contributed by atoms with Crippen LogP contribution in [0.3, 0.4) is 0 Å². The summed E-state index contributed by atoms with van der Waals surface area (Å²) in [6.45, 7) is 5.69. The van der Waals surface area contributed by atoms with Gasteiger partial charge in [-0.15, -0.1) is 23.7 Å². The SMILES string of the molecule is CNCC1CCCN(CC(=O)NC(C)c2cccs2)C1.Cl. The van der Waals surface area contributed by atoms with Gasteiger partial charge < -0.3 is 10.6 Å². The lowest BCUT2D eigenvalue weighted by molar-refractivity contribution is -0.123. The van der Waals surface area contributed by atoms with Gasteiger partial charge in [-0.05, 0) is 57.3 Å². The van der Waals surface area contributed by atoms with Crippen molar-refractivity contribution in [2.24, 2.45) is 5.92 Å². The van der Waals surface area contributed by atoms with E-state index >= 15 is 0 Å². The largest absolute Gasteiger partial charge is 0.348 e. The Morgan fingerprint density at radius 3 is 3.05 bits per heavy atom. The second kappa shape index (κ2) is 9.41. The van der Waals surface area contributed by atoms with Crippen molar-refractivity contribution in [3.8, 4) is 0 Å². The minimum absolute atomic E-state index is 0. The smallest absolute Gasteiger partial charge is 0.234 e. The number of carbonyl (C=O) groups excluding carboxylic acids is 1. The molecule has 1 amide bonds. The van der Waals surface area contributed by atoms with E-state index in [1.807, 2.05) is 25.4 Å². The van der Waals surface area contributed by atoms with Crippen LogP contribution in [0.1, 0.15) is 30.7 Å². The van der Waals surface area contributed by atoms with Crippen molar-refractivity contribution >= 4 is 29.7 Å². The summed E-state index contributed by atoms with van der Waals surface area (Å²) in [5.74, 6) is 0.812. The van der Waals surface area contributed by atoms with Crippen LogP contribution in [0.5, 0.6) is 0 Å². The maximum atomic E-state index is 12.1. The van der Waals surface area contributed by atoms with Crippen molar-refractivity contribution in [2.75, 3.05) is 33.2 Å². The Morgan fingerprint density at radius 1 is 1.57 bits per heavy atom. The van der Waals surface area contributed by atoms with Gasteiger partial charge >= 0.3 is 0 Å². The summed E-state index contributed by atoms with van der Waals surface area (Å²) in [6.07, 6.45) is 2.46. The molecule has 2 unspecified atom stereocenters. The molecule has 120 valence electrons. The maximum Gasteiger partial charge on any atom is 0.234 e. The summed E-state index contributed by atoms with van der Waals surface area (Å²) in [7, 11) is 1.99. The van der Waals surface area contributed by atoms with Crippen molar-refractivity contribution in [1.82, 2.24) is 15.5 Å². The normalized spacial score (nSPS) is 20.6. The van der Waals surface area contributed by atoms with Gasteiger partial charge in [-0.25, -0.2) is 0 Å². The van der Waals surface area contributed by atoms with Crippen molar-refractivity contribution in [2.45, 2.75) is 25.8 Å². The zero-order chi connectivity index (χ0) is 14.4. The summed E-state index contributed by atoms with van der Waals surface area (Å²) < 4.78 is 0. The molecule has 0 radical (unpaired) electrons. The fourth-order valence-corrected chi connectivity index (χ4v) is 3.58. The Bertz CT molecular complexity index is 411. The second-order valence-corrected chi connectivity index (χ2v) is 6.58. The fourth-order valence-electron chi connectivity index (χ4n) is 2.85. The van der Waals surface area contributed by atoms with E-state index in [9.17, 15) is 4.79 Å². The van der Waals surface area contributed by atoms with Crippen LogP contribution in [0.2, 0.25) is 0 Å². The summed E-state index contributed by atoms with van der Waals surface area (Å²) >= 11 is 1.69. The molecular formula is C15H26ClN3OS. The number of thiophene rings is 1. The molecule has 0 spiro atoms. The standard InChI is InChI=1S/C15H25N3OS.ClH/c1-12(14-6-4-8-20-14)17-15(19)11-18-7-3-5-13(10-18)9-16-2;/h4,6,8,12-13,16H,3,5,7,9-11H2,1-2H3,(H,17,19);1H. The first-order valence-corrected chi connectivity index (χ1v) is 8.26. The predicted octanol–water partition coefficient (Wildman–Crippen LogP) is 2.28. The lowest BCUT2D eigenvalue weighted by Crippen LogP contribution is -2.44. The molecular weight excluding hydrogens is 306 g/mol. The number of nitrogens with zero attached hydrogens (tertiary/aromatic N) is 1. The number of hydrogen-bond acceptors (Lipinski definition) is 4. The zero-order valence-electron chi connectivity index (χ0n) is 12.8. The first-order valence-electron chi connectivity index (χ1n) is 7.38. The van der Waals surface area contributed by atoms with Crippen LogP contribution >= 0.6 is 23.7 Å². The topological polar surface area (TPSA) is 44.4 Å². The van der Waals surface area contributed by atoms with E-state index in [-0.39, 0.29) is 24.4 Å². The lowest BCUT2D eigenvalue weighted by atomic mass is 9.98. The van der Waals surface area contributed by atoms with E-state index in [0.717, 1.165) is 19.6 Å². The van der Waals surface area contributed by atoms with Crippen LogP contribution in [-0.2, 0) is 4.79 Å². The third-order valence-electron chi connectivity index (χ3n) is 3.81. The van der Waals surface area contributed by atoms with Crippen molar-refractivity contribution < 1.29 is 4.79 Å². The minimum Gasteiger partial charge on any atom is -0.348 e. The number of hydrogen-bond donors (Lipinski definition) is 2. The Morgan fingerprint density at radius 2 is 2.38 bits per heavy atom. The zero-order valence-corrected chi connectivity index (χ0v) is 14.4. The molecule has 1 aliphatic heterocycles. The lowest BCUT2D eigenvalue weighted by Gasteiger charge is -2.32. The summed E-state index contributed by atoms with van der Waals surface area (Å²) in [5.41, 5.74) is 0. The second-order valence-electron chi connectivity index (χ2n) is 5.61. The van der Waals surface area contributed by atoms with Crippen LogP contribution < -0.4 is 10.6 Å². The van der Waals surface area contributed by atoms with Gasteiger partial charge in [0, 0.05) is 11.4 Å². The molecule has 4 nitrogen and oxygen atoms in total. The highest BCUT2D eigenvalue weighted by Crippen LogP contribution is 2.18. The molecule has 1 aromatic heterocycles. The molecule has 1 aromatic rings. The molecule has 0 bridgehead atoms. The molecule has 6 heteroatoms. The number of rotatable bonds is 6. The van der Waals surface area contributed by atoms with Crippen LogP contribution in [0.15, 0.2) is 17.5 Å². The van der Waals surface area contributed by atoms with E-state index in [0.29, 0.717) is 12.5 Å². The molecule has 1 aliphatic rings. The Balaban J connectivity index is 0.00000220. The van der Waals surface area contributed by atoms with Crippen LogP contribution in [0.25, 0.3) is 0 Å². The molecule has 0 saturated carbocycles. The van der Waals surface area contributed by atoms with Crippen LogP contribution in [-0.4, -0.2) is 44.0 Å². The van der Waals surface area contributed by atoms with E-state index in [1.165, 1.54) is 17.7 Å². The fraction of sp³-hybridized carbons (Fsp3) is 0.667. The van der Waals surface area contributed by atoms with Gasteiger partial charge in [0.05, 0.1) is 12.6 Å². The first-order chi connectivity index (χ1) is 9.69. The van der Waals surface area contributed by atoms with Gasteiger partial charge in [0.1, 0.15) is 0 Å². The molecule has 0 aliphatic carbocycles. The molecule has 1 saturated heterocycles. The van der Waals surface area contributed by atoms with Gasteiger partial charge in [0.15, 0.2) is 0 Å². The van der Waals surface area contributed by atoms with Gasteiger partial charge in [-0.3, -0.25) is 9.69 Å². The number of piperidine rings is 1. The highest BCUT2D eigenvalue weighted by Gasteiger charge is 2.21. The number of carbonyl (C=O) groups is 1. The van der Waals surface area contributed by atoms with Gasteiger partial charge in [-0.2, -0.15) is 0 Å². The first kappa shape index (κ1) is 18.4. The monoisotopic (exact) mass is 331 g/mol. The predicted molar refractivity (Wildman–Crippen MR) is 91.2 cm³/mol. The van der Waals surface area contributed by atoms with Crippen molar-refractivity contribution in [1.29, 1.82) is 0 Å². The Kier molecular flexibility index (Phi) is 8.26. The molecule has 2 atom stereocenters. The van der Waals surface area contributed by atoms with Crippen LogP contribution in [0, 0.1) is 5.92 Å². The number of nitrogens with one attached hydrogen (secondary N) is 2. The van der Waals surface area contributed by atoms with Crippen LogP contribution in [0.4, 0.5) is 0 Å². The molecule has 21 heavy (non-hydrogen) atoms. The van der Waals surface area contributed by atoms with Gasteiger partial charge in [0.25, 0.3) is 0 Å². The van der Waals surface area contributed by atoms with E-state index in [1.54, 1.807) is 11.3 Å². The highest BCUT2D eigenvalue weighted by molar-refractivity contribution is 7.10. The van der Waals surface area contributed by atoms with E-state index in [2.05, 4.69) is 21.6 Å². The molecule has 0 aromatic carbocycles. The third-order valence-corrected chi connectivity index (χ3v) is 4.87. The number of likely N-dealkylation sites (tertiary alicyclic amines) is 1. The summed E-state index contributed by atoms with van der Waals surface area (Å²) in [5, 5.41) is 8.37. The molecule has 2 N–H and O–H groups in total. The van der Waals surface area contributed by atoms with Gasteiger partial charge in [-0.1, -0.05) is 6.07 Å². The molecule has 2 rings (SSSR count). The van der Waals surface area contributed by atoms with Crippen molar-refractivity contribution in [3.05, 3.63) is 22.4 Å². The summed E-state index contributed by atoms with van der Waals surface area (Å²) in [6, 6.07) is 4.20. The Labute approximate surface area is 137 Å². The third kappa shape index (κ3) is 5.94. The van der Waals surface area contributed by atoms with E-state index < -0.39 is 0 Å². The minimum atomic E-state index is 0. The average Bonchev–Trinajstić information content (AvgIpc) is 2.93. The maximum absolute atomic E-state index is 12.1. The number of amides is 1. The average molecular weight is 332 g/mol. The highest BCUT2D eigenvalue weighted by atomic mass is 35.5.